The van der Waals surface area contributed by atoms with Crippen LogP contribution in [0.1, 0.15) is 5.76 Å². The van der Waals surface area contributed by atoms with Crippen molar-refractivity contribution in [2.45, 2.75) is 6.54 Å². The van der Waals surface area contributed by atoms with E-state index in [4.69, 9.17) is 13.9 Å². The van der Waals surface area contributed by atoms with Gasteiger partial charge < -0.3 is 19.2 Å². The van der Waals surface area contributed by atoms with E-state index < -0.39 is 11.9 Å². The molecule has 25 heavy (non-hydrogen) atoms. The Morgan fingerprint density at radius 2 is 1.80 bits per heavy atom. The summed E-state index contributed by atoms with van der Waals surface area (Å²) in [7, 11) is 0. The number of fused-ring (bicyclic) bond motifs is 1. The molecule has 0 bridgehead atoms. The fraction of sp³-hybridized carbons (Fsp3) is 0.158. The summed E-state index contributed by atoms with van der Waals surface area (Å²) in [4.78, 5) is 23.3. The van der Waals surface area contributed by atoms with Crippen molar-refractivity contribution in [2.24, 2.45) is 0 Å². The van der Waals surface area contributed by atoms with Gasteiger partial charge in [-0.15, -0.1) is 0 Å². The molecule has 6 heteroatoms. The van der Waals surface area contributed by atoms with Crippen molar-refractivity contribution >= 4 is 22.6 Å². The summed E-state index contributed by atoms with van der Waals surface area (Å²) < 4.78 is 15.4. The third-order valence-electron chi connectivity index (χ3n) is 3.48. The van der Waals surface area contributed by atoms with Crippen molar-refractivity contribution in [1.29, 1.82) is 0 Å². The van der Waals surface area contributed by atoms with E-state index in [1.165, 1.54) is 6.26 Å². The Bertz CT molecular complexity index is 857. The Morgan fingerprint density at radius 3 is 2.60 bits per heavy atom. The van der Waals surface area contributed by atoms with Gasteiger partial charge in [-0.2, -0.15) is 0 Å². The number of nitrogens with one attached hydrogen (secondary N) is 1. The summed E-state index contributed by atoms with van der Waals surface area (Å²) in [6, 6.07) is 16.9. The number of rotatable bonds is 7. The number of esters is 1. The van der Waals surface area contributed by atoms with Crippen molar-refractivity contribution in [3.8, 4) is 5.75 Å². The lowest BCUT2D eigenvalue weighted by Gasteiger charge is -2.08. The number of carbonyl (C=O) groups is 2. The second kappa shape index (κ2) is 8.01. The largest absolute Gasteiger partial charge is 0.482 e. The summed E-state index contributed by atoms with van der Waals surface area (Å²) in [6.07, 6.45) is 1.52. The first kappa shape index (κ1) is 16.6. The Hall–Kier alpha value is -3.28. The molecule has 0 fully saturated rings. The molecule has 1 aromatic heterocycles. The molecule has 1 amide bonds. The molecule has 0 spiro atoms. The second-order valence-electron chi connectivity index (χ2n) is 5.31. The summed E-state index contributed by atoms with van der Waals surface area (Å²) in [5, 5.41) is 4.69. The molecule has 3 aromatic rings. The number of hydrogen-bond acceptors (Lipinski definition) is 5. The number of carbonyl (C=O) groups excluding carboxylic acids is 2. The summed E-state index contributed by atoms with van der Waals surface area (Å²) >= 11 is 0. The normalized spacial score (nSPS) is 10.4. The van der Waals surface area contributed by atoms with Crippen molar-refractivity contribution < 1.29 is 23.5 Å². The highest BCUT2D eigenvalue weighted by Gasteiger charge is 2.09. The van der Waals surface area contributed by atoms with Crippen molar-refractivity contribution in [1.82, 2.24) is 5.32 Å². The Balaban J connectivity index is 1.40. The van der Waals surface area contributed by atoms with Gasteiger partial charge in [0.15, 0.2) is 13.2 Å². The van der Waals surface area contributed by atoms with Gasteiger partial charge in [-0.25, -0.2) is 4.79 Å². The maximum absolute atomic E-state index is 11.7. The van der Waals surface area contributed by atoms with Crippen molar-refractivity contribution in [3.05, 3.63) is 66.6 Å². The molecule has 3 rings (SSSR count). The van der Waals surface area contributed by atoms with E-state index in [1.54, 1.807) is 18.2 Å². The van der Waals surface area contributed by atoms with Gasteiger partial charge in [-0.3, -0.25) is 4.79 Å². The average molecular weight is 339 g/mol. The van der Waals surface area contributed by atoms with Crippen LogP contribution in [0.25, 0.3) is 10.8 Å². The van der Waals surface area contributed by atoms with Crippen molar-refractivity contribution in [2.75, 3.05) is 13.2 Å². The van der Waals surface area contributed by atoms with Gasteiger partial charge in [0.1, 0.15) is 11.5 Å². The Morgan fingerprint density at radius 1 is 0.960 bits per heavy atom. The third-order valence-corrected chi connectivity index (χ3v) is 3.48. The van der Waals surface area contributed by atoms with Crippen LogP contribution in [0.4, 0.5) is 0 Å². The third kappa shape index (κ3) is 4.84. The first-order valence-corrected chi connectivity index (χ1v) is 7.77. The van der Waals surface area contributed by atoms with E-state index in [0.29, 0.717) is 11.5 Å². The van der Waals surface area contributed by atoms with E-state index in [-0.39, 0.29) is 19.8 Å². The molecule has 0 radical (unpaired) electrons. The lowest BCUT2D eigenvalue weighted by atomic mass is 10.1. The van der Waals surface area contributed by atoms with Gasteiger partial charge in [0.05, 0.1) is 12.8 Å². The maximum atomic E-state index is 11.7. The smallest absolute Gasteiger partial charge is 0.344 e. The molecule has 0 saturated heterocycles. The standard InChI is InChI=1S/C19H17NO5/c21-18(20-11-17-6-3-9-23-17)12-25-19(22)13-24-16-8-7-14-4-1-2-5-15(14)10-16/h1-10H,11-13H2,(H,20,21). The number of benzene rings is 2. The van der Waals surface area contributed by atoms with Crippen molar-refractivity contribution in [3.63, 3.8) is 0 Å². The van der Waals surface area contributed by atoms with Gasteiger partial charge in [-0.1, -0.05) is 30.3 Å². The molecule has 1 N–H and O–H groups in total. The zero-order valence-electron chi connectivity index (χ0n) is 13.4. The SMILES string of the molecule is O=C(COC(=O)COc1ccc2ccccc2c1)NCc1ccco1. The number of furan rings is 1. The molecule has 0 aliphatic heterocycles. The first-order chi connectivity index (χ1) is 12.2. The molecule has 0 aliphatic carbocycles. The molecule has 1 heterocycles. The van der Waals surface area contributed by atoms with E-state index in [1.807, 2.05) is 36.4 Å². The maximum Gasteiger partial charge on any atom is 0.344 e. The minimum Gasteiger partial charge on any atom is -0.482 e. The van der Waals surface area contributed by atoms with Crippen LogP contribution in [-0.2, 0) is 20.9 Å². The van der Waals surface area contributed by atoms with Gasteiger partial charge in [-0.05, 0) is 35.0 Å². The zero-order valence-corrected chi connectivity index (χ0v) is 13.4. The lowest BCUT2D eigenvalue weighted by molar-refractivity contribution is -0.150. The molecule has 0 aliphatic rings. The minimum absolute atomic E-state index is 0.247. The summed E-state index contributed by atoms with van der Waals surface area (Å²) in [5.74, 6) is 0.175. The molecule has 6 nitrogen and oxygen atoms in total. The van der Waals surface area contributed by atoms with E-state index in [0.717, 1.165) is 10.8 Å². The fourth-order valence-electron chi connectivity index (χ4n) is 2.24. The number of amides is 1. The van der Waals surface area contributed by atoms with E-state index in [9.17, 15) is 9.59 Å². The van der Waals surface area contributed by atoms with Crippen LogP contribution in [0, 0.1) is 0 Å². The van der Waals surface area contributed by atoms with Gasteiger partial charge in [0, 0.05) is 0 Å². The molecule has 0 unspecified atom stereocenters. The predicted molar refractivity (Wildman–Crippen MR) is 91.0 cm³/mol. The van der Waals surface area contributed by atoms with Crippen LogP contribution in [0.2, 0.25) is 0 Å². The topological polar surface area (TPSA) is 77.8 Å². The van der Waals surface area contributed by atoms with Crippen LogP contribution < -0.4 is 10.1 Å². The highest BCUT2D eigenvalue weighted by molar-refractivity contribution is 5.84. The fourth-order valence-corrected chi connectivity index (χ4v) is 2.24. The van der Waals surface area contributed by atoms with Gasteiger partial charge in [0.2, 0.25) is 0 Å². The van der Waals surface area contributed by atoms with Crippen LogP contribution in [0.5, 0.6) is 5.75 Å². The molecular weight excluding hydrogens is 322 g/mol. The van der Waals surface area contributed by atoms with Gasteiger partial charge >= 0.3 is 5.97 Å². The lowest BCUT2D eigenvalue weighted by Crippen LogP contribution is -2.29. The van der Waals surface area contributed by atoms with Crippen LogP contribution in [-0.4, -0.2) is 25.1 Å². The van der Waals surface area contributed by atoms with E-state index >= 15 is 0 Å². The summed E-state index contributed by atoms with van der Waals surface area (Å²) in [5.41, 5.74) is 0. The van der Waals surface area contributed by atoms with Crippen LogP contribution >= 0.6 is 0 Å². The molecular formula is C19H17NO5. The zero-order chi connectivity index (χ0) is 17.5. The van der Waals surface area contributed by atoms with E-state index in [2.05, 4.69) is 5.32 Å². The monoisotopic (exact) mass is 339 g/mol. The molecule has 0 saturated carbocycles. The second-order valence-corrected chi connectivity index (χ2v) is 5.31. The van der Waals surface area contributed by atoms with Gasteiger partial charge in [0.25, 0.3) is 5.91 Å². The first-order valence-electron chi connectivity index (χ1n) is 7.77. The number of hydrogen-bond donors (Lipinski definition) is 1. The molecule has 128 valence electrons. The Kier molecular flexibility index (Phi) is 5.31. The average Bonchev–Trinajstić information content (AvgIpc) is 3.16. The Labute approximate surface area is 144 Å². The highest BCUT2D eigenvalue weighted by atomic mass is 16.6. The quantitative estimate of drug-likeness (QED) is 0.670. The van der Waals surface area contributed by atoms with Crippen LogP contribution in [0.15, 0.2) is 65.3 Å². The highest BCUT2D eigenvalue weighted by Crippen LogP contribution is 2.20. The minimum atomic E-state index is -0.610. The van der Waals surface area contributed by atoms with Crippen LogP contribution in [0.3, 0.4) is 0 Å². The predicted octanol–water partition coefficient (Wildman–Crippen LogP) is 2.67. The summed E-state index contributed by atoms with van der Waals surface area (Å²) in [6.45, 7) is -0.374. The molecule has 2 aromatic carbocycles. The molecule has 0 atom stereocenters. The number of ether oxygens (including phenoxy) is 2.